The zero-order valence-corrected chi connectivity index (χ0v) is 8.72. The number of hydrogen-bond donors (Lipinski definition) is 0. The number of benzene rings is 1. The minimum absolute atomic E-state index is 0.813. The van der Waals surface area contributed by atoms with Gasteiger partial charge in [-0.15, -0.1) is 0 Å². The Hall–Kier alpha value is -0.750. The molecule has 70 valence electrons. The third kappa shape index (κ3) is 4.14. The van der Waals surface area contributed by atoms with Crippen molar-refractivity contribution in [1.82, 2.24) is 0 Å². The Balaban J connectivity index is 2.37. The number of aryl methyl sites for hydroxylation is 1. The van der Waals surface area contributed by atoms with Crippen molar-refractivity contribution >= 4 is 11.6 Å². The molecule has 0 amide bonds. The van der Waals surface area contributed by atoms with Gasteiger partial charge in [-0.25, -0.2) is 0 Å². The van der Waals surface area contributed by atoms with E-state index in [4.69, 9.17) is 11.6 Å². The molecular weight excluding hydrogens is 180 g/mol. The molecule has 0 N–H and O–H groups in total. The molecule has 0 atom stereocenters. The molecule has 13 heavy (non-hydrogen) atoms. The van der Waals surface area contributed by atoms with Crippen molar-refractivity contribution in [3.63, 3.8) is 0 Å². The summed E-state index contributed by atoms with van der Waals surface area (Å²) in [7, 11) is 0. The molecule has 0 nitrogen and oxygen atoms in total. The molecule has 1 heteroatoms. The van der Waals surface area contributed by atoms with Crippen LogP contribution < -0.4 is 0 Å². The highest BCUT2D eigenvalue weighted by Gasteiger charge is 1.90. The van der Waals surface area contributed by atoms with Crippen molar-refractivity contribution in [2.24, 2.45) is 0 Å². The average molecular weight is 195 g/mol. The first kappa shape index (κ1) is 10.3. The highest BCUT2D eigenvalue weighted by atomic mass is 35.5. The molecule has 1 aromatic carbocycles. The average Bonchev–Trinajstić information content (AvgIpc) is 2.15. The predicted octanol–water partition coefficient (Wildman–Crippen LogP) is 4.24. The van der Waals surface area contributed by atoms with Gasteiger partial charge in [-0.1, -0.05) is 42.8 Å². The van der Waals surface area contributed by atoms with E-state index in [1.165, 1.54) is 5.56 Å². The number of rotatable bonds is 4. The quantitative estimate of drug-likeness (QED) is 0.629. The van der Waals surface area contributed by atoms with E-state index in [0.29, 0.717) is 0 Å². The molecule has 0 bridgehead atoms. The summed E-state index contributed by atoms with van der Waals surface area (Å²) >= 11 is 5.78. The molecule has 0 saturated heterocycles. The molecule has 0 aliphatic carbocycles. The molecule has 0 aliphatic rings. The molecule has 0 saturated carbocycles. The number of allylic oxidation sites excluding steroid dienone is 2. The van der Waals surface area contributed by atoms with Gasteiger partial charge in [0.1, 0.15) is 0 Å². The topological polar surface area (TPSA) is 0 Å². The second-order valence-corrected chi connectivity index (χ2v) is 3.48. The minimum Gasteiger partial charge on any atom is -0.0888 e. The van der Waals surface area contributed by atoms with E-state index < -0.39 is 0 Å². The number of halogens is 1. The first-order valence-electron chi connectivity index (χ1n) is 4.72. The summed E-state index contributed by atoms with van der Waals surface area (Å²) in [6.07, 6.45) is 7.79. The van der Waals surface area contributed by atoms with Crippen LogP contribution in [-0.4, -0.2) is 0 Å². The maximum absolute atomic E-state index is 5.78. The van der Waals surface area contributed by atoms with Crippen LogP contribution >= 0.6 is 11.6 Å². The van der Waals surface area contributed by atoms with E-state index in [-0.39, 0.29) is 0 Å². The van der Waals surface area contributed by atoms with E-state index in [9.17, 15) is 0 Å². The maximum atomic E-state index is 5.78. The van der Waals surface area contributed by atoms with Crippen LogP contribution in [0.2, 0.25) is 5.02 Å². The monoisotopic (exact) mass is 194 g/mol. The Kier molecular flexibility index (Phi) is 4.63. The zero-order chi connectivity index (χ0) is 9.52. The summed E-state index contributed by atoms with van der Waals surface area (Å²) < 4.78 is 0. The lowest BCUT2D eigenvalue weighted by Gasteiger charge is -1.97. The van der Waals surface area contributed by atoms with Crippen molar-refractivity contribution < 1.29 is 0 Å². The first-order chi connectivity index (χ1) is 6.33. The van der Waals surface area contributed by atoms with Crippen LogP contribution in [0.15, 0.2) is 36.4 Å². The van der Waals surface area contributed by atoms with Crippen molar-refractivity contribution in [2.75, 3.05) is 0 Å². The lowest BCUT2D eigenvalue weighted by Crippen LogP contribution is -1.81. The van der Waals surface area contributed by atoms with Crippen LogP contribution in [0.4, 0.5) is 0 Å². The highest BCUT2D eigenvalue weighted by molar-refractivity contribution is 6.30. The maximum Gasteiger partial charge on any atom is 0.0406 e. The SMILES string of the molecule is CC/C=C/CCc1ccc(Cl)cc1. The van der Waals surface area contributed by atoms with Crippen LogP contribution in [0.1, 0.15) is 25.3 Å². The van der Waals surface area contributed by atoms with Crippen LogP contribution in [0, 0.1) is 0 Å². The van der Waals surface area contributed by atoms with E-state index in [1.807, 2.05) is 12.1 Å². The van der Waals surface area contributed by atoms with Gasteiger partial charge in [-0.3, -0.25) is 0 Å². The Labute approximate surface area is 85.2 Å². The summed E-state index contributed by atoms with van der Waals surface area (Å²) in [6, 6.07) is 8.06. The Morgan fingerprint density at radius 1 is 1.15 bits per heavy atom. The van der Waals surface area contributed by atoms with Crippen LogP contribution in [0.25, 0.3) is 0 Å². The van der Waals surface area contributed by atoms with Crippen LogP contribution in [-0.2, 0) is 6.42 Å². The molecule has 0 fully saturated rings. The van der Waals surface area contributed by atoms with Crippen molar-refractivity contribution in [1.29, 1.82) is 0 Å². The van der Waals surface area contributed by atoms with Gasteiger partial charge in [0, 0.05) is 5.02 Å². The lowest BCUT2D eigenvalue weighted by atomic mass is 10.1. The Bertz CT molecular complexity index is 259. The lowest BCUT2D eigenvalue weighted by molar-refractivity contribution is 0.992. The Morgan fingerprint density at radius 3 is 2.46 bits per heavy atom. The van der Waals surface area contributed by atoms with E-state index >= 15 is 0 Å². The predicted molar refractivity (Wildman–Crippen MR) is 59.2 cm³/mol. The van der Waals surface area contributed by atoms with Gasteiger partial charge < -0.3 is 0 Å². The van der Waals surface area contributed by atoms with Gasteiger partial charge in [0.25, 0.3) is 0 Å². The molecular formula is C12H15Cl. The fourth-order valence-electron chi connectivity index (χ4n) is 1.19. The second kappa shape index (κ2) is 5.82. The van der Waals surface area contributed by atoms with Gasteiger partial charge in [-0.2, -0.15) is 0 Å². The number of hydrogen-bond acceptors (Lipinski definition) is 0. The molecule has 0 spiro atoms. The molecule has 0 radical (unpaired) electrons. The summed E-state index contributed by atoms with van der Waals surface area (Å²) in [5.41, 5.74) is 1.35. The fourth-order valence-corrected chi connectivity index (χ4v) is 1.31. The summed E-state index contributed by atoms with van der Waals surface area (Å²) in [5.74, 6) is 0. The summed E-state index contributed by atoms with van der Waals surface area (Å²) in [4.78, 5) is 0. The third-order valence-electron chi connectivity index (χ3n) is 1.92. The van der Waals surface area contributed by atoms with Gasteiger partial charge in [0.05, 0.1) is 0 Å². The molecule has 0 heterocycles. The van der Waals surface area contributed by atoms with Gasteiger partial charge in [0.15, 0.2) is 0 Å². The van der Waals surface area contributed by atoms with Crippen molar-refractivity contribution in [2.45, 2.75) is 26.2 Å². The normalized spacial score (nSPS) is 10.9. The van der Waals surface area contributed by atoms with E-state index in [2.05, 4.69) is 31.2 Å². The second-order valence-electron chi connectivity index (χ2n) is 3.04. The summed E-state index contributed by atoms with van der Waals surface area (Å²) in [6.45, 7) is 2.15. The van der Waals surface area contributed by atoms with Crippen molar-refractivity contribution in [3.8, 4) is 0 Å². The highest BCUT2D eigenvalue weighted by Crippen LogP contribution is 2.10. The summed E-state index contributed by atoms with van der Waals surface area (Å²) in [5, 5.41) is 0.813. The zero-order valence-electron chi connectivity index (χ0n) is 7.96. The van der Waals surface area contributed by atoms with Crippen LogP contribution in [0.5, 0.6) is 0 Å². The van der Waals surface area contributed by atoms with Gasteiger partial charge in [0.2, 0.25) is 0 Å². The molecule has 1 aromatic rings. The molecule has 1 rings (SSSR count). The molecule has 0 aromatic heterocycles. The third-order valence-corrected chi connectivity index (χ3v) is 2.17. The smallest absolute Gasteiger partial charge is 0.0406 e. The van der Waals surface area contributed by atoms with E-state index in [1.54, 1.807) is 0 Å². The first-order valence-corrected chi connectivity index (χ1v) is 5.10. The molecule has 0 aliphatic heterocycles. The minimum atomic E-state index is 0.813. The van der Waals surface area contributed by atoms with Gasteiger partial charge >= 0.3 is 0 Å². The Morgan fingerprint density at radius 2 is 1.85 bits per heavy atom. The van der Waals surface area contributed by atoms with Gasteiger partial charge in [-0.05, 0) is 37.0 Å². The van der Waals surface area contributed by atoms with E-state index in [0.717, 1.165) is 24.3 Å². The van der Waals surface area contributed by atoms with Crippen LogP contribution in [0.3, 0.4) is 0 Å². The largest absolute Gasteiger partial charge is 0.0888 e. The van der Waals surface area contributed by atoms with Crippen molar-refractivity contribution in [3.05, 3.63) is 47.0 Å². The fraction of sp³-hybridized carbons (Fsp3) is 0.333. The standard InChI is InChI=1S/C12H15Cl/c1-2-3-4-5-6-11-7-9-12(13)10-8-11/h3-4,7-10H,2,5-6H2,1H3/b4-3+. The molecule has 0 unspecified atom stereocenters.